The van der Waals surface area contributed by atoms with Crippen LogP contribution in [-0.2, 0) is 0 Å². The van der Waals surface area contributed by atoms with Gasteiger partial charge in [0.25, 0.3) is 0 Å². The van der Waals surface area contributed by atoms with Gasteiger partial charge in [0.2, 0.25) is 0 Å². The third-order valence-corrected chi connectivity index (χ3v) is 2.84. The molecular formula is C9H12ClN. The minimum Gasteiger partial charge on any atom is -0.322 e. The molecule has 1 saturated carbocycles. The Kier molecular flexibility index (Phi) is 1.58. The van der Waals surface area contributed by atoms with E-state index in [0.717, 1.165) is 30.7 Å². The highest BCUT2D eigenvalue weighted by molar-refractivity contribution is 6.29. The number of allylic oxidation sites excluding steroid dienone is 3. The molecule has 0 unspecified atom stereocenters. The standard InChI is InChI=1S/C9H12ClN/c10-8-3-1-7(2-4-8)9(11)5-6-9/h1,3H,2,4-6,11H2. The van der Waals surface area contributed by atoms with Crippen molar-refractivity contribution in [2.45, 2.75) is 31.2 Å². The van der Waals surface area contributed by atoms with Gasteiger partial charge in [0.1, 0.15) is 0 Å². The summed E-state index contributed by atoms with van der Waals surface area (Å²) in [6.45, 7) is 0. The minimum absolute atomic E-state index is 0.0636. The minimum atomic E-state index is 0.0636. The first-order chi connectivity index (χ1) is 5.21. The van der Waals surface area contributed by atoms with Gasteiger partial charge in [-0.3, -0.25) is 0 Å². The van der Waals surface area contributed by atoms with Crippen LogP contribution < -0.4 is 5.73 Å². The molecule has 0 aromatic rings. The van der Waals surface area contributed by atoms with E-state index in [1.54, 1.807) is 0 Å². The number of hydrogen-bond acceptors (Lipinski definition) is 1. The monoisotopic (exact) mass is 169 g/mol. The molecule has 0 bridgehead atoms. The molecule has 0 aromatic carbocycles. The van der Waals surface area contributed by atoms with Gasteiger partial charge in [0.15, 0.2) is 0 Å². The Balaban J connectivity index is 2.16. The maximum Gasteiger partial charge on any atom is 0.0373 e. The van der Waals surface area contributed by atoms with Crippen molar-refractivity contribution in [3.8, 4) is 0 Å². The van der Waals surface area contributed by atoms with Crippen LogP contribution in [0.3, 0.4) is 0 Å². The molecule has 0 spiro atoms. The summed E-state index contributed by atoms with van der Waals surface area (Å²) in [5.74, 6) is 0. The van der Waals surface area contributed by atoms with Gasteiger partial charge in [-0.2, -0.15) is 0 Å². The fourth-order valence-corrected chi connectivity index (χ4v) is 1.64. The summed E-state index contributed by atoms with van der Waals surface area (Å²) >= 11 is 5.83. The summed E-state index contributed by atoms with van der Waals surface area (Å²) in [4.78, 5) is 0. The van der Waals surface area contributed by atoms with Crippen LogP contribution in [0.4, 0.5) is 0 Å². The van der Waals surface area contributed by atoms with Gasteiger partial charge in [-0.05, 0) is 31.8 Å². The number of hydrogen-bond donors (Lipinski definition) is 1. The van der Waals surface area contributed by atoms with E-state index in [2.05, 4.69) is 6.08 Å². The van der Waals surface area contributed by atoms with Gasteiger partial charge in [-0.25, -0.2) is 0 Å². The molecule has 0 aromatic heterocycles. The van der Waals surface area contributed by atoms with Gasteiger partial charge < -0.3 is 5.73 Å². The molecule has 0 atom stereocenters. The summed E-state index contributed by atoms with van der Waals surface area (Å²) in [7, 11) is 0. The van der Waals surface area contributed by atoms with Gasteiger partial charge in [0, 0.05) is 10.6 Å². The molecule has 2 aliphatic carbocycles. The second-order valence-electron chi connectivity index (χ2n) is 3.46. The molecule has 2 rings (SSSR count). The summed E-state index contributed by atoms with van der Waals surface area (Å²) in [5.41, 5.74) is 7.48. The number of halogens is 1. The molecule has 1 nitrogen and oxygen atoms in total. The molecule has 0 radical (unpaired) electrons. The fourth-order valence-electron chi connectivity index (χ4n) is 1.48. The quantitative estimate of drug-likeness (QED) is 0.641. The van der Waals surface area contributed by atoms with E-state index < -0.39 is 0 Å². The predicted molar refractivity (Wildman–Crippen MR) is 47.4 cm³/mol. The SMILES string of the molecule is NC1(C2=CC=C(Cl)CC2)CC1. The van der Waals surface area contributed by atoms with E-state index in [9.17, 15) is 0 Å². The lowest BCUT2D eigenvalue weighted by molar-refractivity contribution is 0.726. The average Bonchev–Trinajstić information content (AvgIpc) is 2.70. The maximum atomic E-state index is 6.03. The van der Waals surface area contributed by atoms with E-state index in [0.29, 0.717) is 0 Å². The summed E-state index contributed by atoms with van der Waals surface area (Å²) in [6.07, 6.45) is 8.43. The van der Waals surface area contributed by atoms with Crippen molar-refractivity contribution in [1.29, 1.82) is 0 Å². The topological polar surface area (TPSA) is 26.0 Å². The molecule has 11 heavy (non-hydrogen) atoms. The molecule has 0 amide bonds. The Bertz CT molecular complexity index is 236. The van der Waals surface area contributed by atoms with Crippen LogP contribution in [0.1, 0.15) is 25.7 Å². The van der Waals surface area contributed by atoms with Crippen molar-refractivity contribution >= 4 is 11.6 Å². The van der Waals surface area contributed by atoms with Crippen molar-refractivity contribution < 1.29 is 0 Å². The molecule has 2 N–H and O–H groups in total. The van der Waals surface area contributed by atoms with Crippen LogP contribution in [0.15, 0.2) is 22.8 Å². The van der Waals surface area contributed by atoms with E-state index in [1.165, 1.54) is 5.57 Å². The second-order valence-corrected chi connectivity index (χ2v) is 3.95. The predicted octanol–water partition coefficient (Wildman–Crippen LogP) is 2.32. The molecule has 2 aliphatic rings. The first-order valence-electron chi connectivity index (χ1n) is 4.05. The molecule has 2 heteroatoms. The van der Waals surface area contributed by atoms with Gasteiger partial charge in [-0.1, -0.05) is 23.3 Å². The van der Waals surface area contributed by atoms with Crippen molar-refractivity contribution in [3.63, 3.8) is 0 Å². The van der Waals surface area contributed by atoms with E-state index in [-0.39, 0.29) is 5.54 Å². The van der Waals surface area contributed by atoms with Crippen molar-refractivity contribution in [3.05, 3.63) is 22.8 Å². The second kappa shape index (κ2) is 2.36. The third kappa shape index (κ3) is 1.35. The van der Waals surface area contributed by atoms with Crippen LogP contribution in [0, 0.1) is 0 Å². The number of nitrogens with two attached hydrogens (primary N) is 1. The maximum absolute atomic E-state index is 6.03. The highest BCUT2D eigenvalue weighted by atomic mass is 35.5. The zero-order chi connectivity index (χ0) is 7.90. The van der Waals surface area contributed by atoms with Crippen LogP contribution in [0.5, 0.6) is 0 Å². The summed E-state index contributed by atoms with van der Waals surface area (Å²) in [6, 6.07) is 0. The zero-order valence-electron chi connectivity index (χ0n) is 6.44. The van der Waals surface area contributed by atoms with E-state index >= 15 is 0 Å². The molecule has 0 aliphatic heterocycles. The Hall–Kier alpha value is -0.270. The number of rotatable bonds is 1. The van der Waals surface area contributed by atoms with Crippen LogP contribution in [0.25, 0.3) is 0 Å². The largest absolute Gasteiger partial charge is 0.322 e. The normalized spacial score (nSPS) is 27.5. The van der Waals surface area contributed by atoms with Gasteiger partial charge in [0.05, 0.1) is 0 Å². The van der Waals surface area contributed by atoms with Crippen molar-refractivity contribution in [1.82, 2.24) is 0 Å². The lowest BCUT2D eigenvalue weighted by Crippen LogP contribution is -2.25. The highest BCUT2D eigenvalue weighted by Crippen LogP contribution is 2.43. The van der Waals surface area contributed by atoms with Gasteiger partial charge >= 0.3 is 0 Å². The summed E-state index contributed by atoms with van der Waals surface area (Å²) in [5, 5.41) is 0.956. The Morgan fingerprint density at radius 3 is 2.45 bits per heavy atom. The first kappa shape index (κ1) is 7.38. The van der Waals surface area contributed by atoms with Crippen molar-refractivity contribution in [2.24, 2.45) is 5.73 Å². The van der Waals surface area contributed by atoms with Crippen LogP contribution in [-0.4, -0.2) is 5.54 Å². The molecule has 60 valence electrons. The lowest BCUT2D eigenvalue weighted by atomic mass is 9.96. The van der Waals surface area contributed by atoms with E-state index in [4.69, 9.17) is 17.3 Å². The summed E-state index contributed by atoms with van der Waals surface area (Å²) < 4.78 is 0. The zero-order valence-corrected chi connectivity index (χ0v) is 7.19. The third-order valence-electron chi connectivity index (χ3n) is 2.53. The Morgan fingerprint density at radius 2 is 2.00 bits per heavy atom. The fraction of sp³-hybridized carbons (Fsp3) is 0.556. The average molecular weight is 170 g/mol. The van der Waals surface area contributed by atoms with Crippen LogP contribution >= 0.6 is 11.6 Å². The van der Waals surface area contributed by atoms with Gasteiger partial charge in [-0.15, -0.1) is 0 Å². The molecule has 0 saturated heterocycles. The smallest absolute Gasteiger partial charge is 0.0373 e. The Labute approximate surface area is 71.9 Å². The molecule has 1 fully saturated rings. The first-order valence-corrected chi connectivity index (χ1v) is 4.43. The van der Waals surface area contributed by atoms with Crippen molar-refractivity contribution in [2.75, 3.05) is 0 Å². The Morgan fingerprint density at radius 1 is 1.27 bits per heavy atom. The molecule has 0 heterocycles. The lowest BCUT2D eigenvalue weighted by Gasteiger charge is -2.16. The van der Waals surface area contributed by atoms with Crippen LogP contribution in [0.2, 0.25) is 0 Å². The highest BCUT2D eigenvalue weighted by Gasteiger charge is 2.41. The van der Waals surface area contributed by atoms with E-state index in [1.807, 2.05) is 6.08 Å². The molecular weight excluding hydrogens is 158 g/mol.